The Hall–Kier alpha value is -2.73. The molecule has 0 N–H and O–H groups in total. The molecule has 1 fully saturated rings. The molecule has 0 spiro atoms. The predicted octanol–water partition coefficient (Wildman–Crippen LogP) is 3.13. The van der Waals surface area contributed by atoms with Gasteiger partial charge in [0, 0.05) is 24.8 Å². The number of pyridine rings is 1. The van der Waals surface area contributed by atoms with E-state index in [1.165, 1.54) is 0 Å². The Morgan fingerprint density at radius 2 is 2.04 bits per heavy atom. The average molecular weight is 336 g/mol. The summed E-state index contributed by atoms with van der Waals surface area (Å²) in [6.07, 6.45) is 2.86. The summed E-state index contributed by atoms with van der Waals surface area (Å²) in [6.45, 7) is 2.79. The van der Waals surface area contributed by atoms with Crippen LogP contribution in [0.3, 0.4) is 0 Å². The van der Waals surface area contributed by atoms with E-state index >= 15 is 0 Å². The van der Waals surface area contributed by atoms with Crippen molar-refractivity contribution >= 4 is 0 Å². The van der Waals surface area contributed by atoms with Crippen molar-refractivity contribution in [3.8, 4) is 17.2 Å². The third kappa shape index (κ3) is 3.53. The van der Waals surface area contributed by atoms with Crippen molar-refractivity contribution in [3.63, 3.8) is 0 Å². The van der Waals surface area contributed by atoms with Gasteiger partial charge in [-0.1, -0.05) is 6.07 Å². The van der Waals surface area contributed by atoms with Gasteiger partial charge in [0.2, 0.25) is 11.8 Å². The molecule has 6 nitrogen and oxygen atoms in total. The SMILES string of the molecule is COc1ccc(-c2nnc([C@H]3CCN(Cc4ccccn4)C3)o2)cc1. The van der Waals surface area contributed by atoms with Gasteiger partial charge in [0.15, 0.2) is 0 Å². The summed E-state index contributed by atoms with van der Waals surface area (Å²) in [5, 5.41) is 8.48. The quantitative estimate of drug-likeness (QED) is 0.713. The van der Waals surface area contributed by atoms with E-state index in [9.17, 15) is 0 Å². The minimum atomic E-state index is 0.281. The van der Waals surface area contributed by atoms with Crippen molar-refractivity contribution in [2.75, 3.05) is 20.2 Å². The lowest BCUT2D eigenvalue weighted by Crippen LogP contribution is -2.20. The fourth-order valence-electron chi connectivity index (χ4n) is 3.15. The van der Waals surface area contributed by atoms with Crippen molar-refractivity contribution < 1.29 is 9.15 Å². The molecule has 1 saturated heterocycles. The first-order valence-corrected chi connectivity index (χ1v) is 8.42. The molecule has 1 aliphatic heterocycles. The van der Waals surface area contributed by atoms with Gasteiger partial charge in [0.25, 0.3) is 0 Å². The van der Waals surface area contributed by atoms with Crippen LogP contribution in [0.1, 0.15) is 23.9 Å². The van der Waals surface area contributed by atoms with Crippen LogP contribution in [0.25, 0.3) is 11.5 Å². The largest absolute Gasteiger partial charge is 0.497 e. The fourth-order valence-corrected chi connectivity index (χ4v) is 3.15. The van der Waals surface area contributed by atoms with E-state index in [0.717, 1.165) is 43.1 Å². The van der Waals surface area contributed by atoms with Crippen LogP contribution in [0.2, 0.25) is 0 Å². The Balaban J connectivity index is 1.42. The maximum absolute atomic E-state index is 5.92. The van der Waals surface area contributed by atoms with E-state index < -0.39 is 0 Å². The number of benzene rings is 1. The molecule has 0 unspecified atom stereocenters. The number of nitrogens with zero attached hydrogens (tertiary/aromatic N) is 4. The van der Waals surface area contributed by atoms with Crippen LogP contribution in [-0.2, 0) is 6.54 Å². The number of ether oxygens (including phenoxy) is 1. The Bertz CT molecular complexity index is 817. The van der Waals surface area contributed by atoms with Crippen LogP contribution in [0.4, 0.5) is 0 Å². The minimum absolute atomic E-state index is 0.281. The lowest BCUT2D eigenvalue weighted by molar-refractivity contribution is 0.316. The molecule has 0 radical (unpaired) electrons. The van der Waals surface area contributed by atoms with Gasteiger partial charge in [-0.05, 0) is 49.4 Å². The van der Waals surface area contributed by atoms with Gasteiger partial charge in [0.05, 0.1) is 18.7 Å². The van der Waals surface area contributed by atoms with E-state index in [1.54, 1.807) is 7.11 Å². The molecule has 6 heteroatoms. The third-order valence-electron chi connectivity index (χ3n) is 4.51. The van der Waals surface area contributed by atoms with Crippen molar-refractivity contribution in [1.29, 1.82) is 0 Å². The highest BCUT2D eigenvalue weighted by Gasteiger charge is 2.28. The van der Waals surface area contributed by atoms with Crippen molar-refractivity contribution in [1.82, 2.24) is 20.1 Å². The lowest BCUT2D eigenvalue weighted by atomic mass is 10.1. The summed E-state index contributed by atoms with van der Waals surface area (Å²) in [4.78, 5) is 6.77. The highest BCUT2D eigenvalue weighted by atomic mass is 16.5. The minimum Gasteiger partial charge on any atom is -0.497 e. The van der Waals surface area contributed by atoms with Crippen LogP contribution in [-0.4, -0.2) is 40.3 Å². The summed E-state index contributed by atoms with van der Waals surface area (Å²) in [6, 6.07) is 13.7. The van der Waals surface area contributed by atoms with E-state index in [-0.39, 0.29) is 5.92 Å². The van der Waals surface area contributed by atoms with E-state index in [2.05, 4.69) is 26.1 Å². The second-order valence-corrected chi connectivity index (χ2v) is 6.22. The van der Waals surface area contributed by atoms with Gasteiger partial charge in [-0.25, -0.2) is 0 Å². The molecular weight excluding hydrogens is 316 g/mol. The van der Waals surface area contributed by atoms with Crippen molar-refractivity contribution in [2.24, 2.45) is 0 Å². The topological polar surface area (TPSA) is 64.3 Å². The monoisotopic (exact) mass is 336 g/mol. The first-order chi connectivity index (χ1) is 12.3. The van der Waals surface area contributed by atoms with Gasteiger partial charge >= 0.3 is 0 Å². The molecule has 25 heavy (non-hydrogen) atoms. The fraction of sp³-hybridized carbons (Fsp3) is 0.316. The molecule has 0 bridgehead atoms. The number of methoxy groups -OCH3 is 1. The Kier molecular flexibility index (Phi) is 4.43. The van der Waals surface area contributed by atoms with E-state index in [1.807, 2.05) is 42.6 Å². The normalized spacial score (nSPS) is 17.7. The maximum atomic E-state index is 5.92. The van der Waals surface area contributed by atoms with Gasteiger partial charge < -0.3 is 9.15 Å². The average Bonchev–Trinajstić information content (AvgIpc) is 3.32. The van der Waals surface area contributed by atoms with E-state index in [0.29, 0.717) is 11.8 Å². The van der Waals surface area contributed by atoms with Gasteiger partial charge in [-0.15, -0.1) is 10.2 Å². The van der Waals surface area contributed by atoms with Gasteiger partial charge in [0.1, 0.15) is 5.75 Å². The zero-order valence-electron chi connectivity index (χ0n) is 14.1. The molecule has 2 aromatic heterocycles. The number of likely N-dealkylation sites (tertiary alicyclic amines) is 1. The molecule has 4 rings (SSSR count). The molecule has 3 heterocycles. The number of hydrogen-bond donors (Lipinski definition) is 0. The Labute approximate surface area is 146 Å². The maximum Gasteiger partial charge on any atom is 0.247 e. The molecular formula is C19H20N4O2. The van der Waals surface area contributed by atoms with Crippen LogP contribution in [0.15, 0.2) is 53.1 Å². The lowest BCUT2D eigenvalue weighted by Gasteiger charge is -2.14. The summed E-state index contributed by atoms with van der Waals surface area (Å²) in [5.74, 6) is 2.36. The number of rotatable bonds is 5. The van der Waals surface area contributed by atoms with E-state index in [4.69, 9.17) is 9.15 Å². The summed E-state index contributed by atoms with van der Waals surface area (Å²) in [7, 11) is 1.65. The molecule has 128 valence electrons. The van der Waals surface area contributed by atoms with Crippen LogP contribution >= 0.6 is 0 Å². The second-order valence-electron chi connectivity index (χ2n) is 6.22. The predicted molar refractivity (Wildman–Crippen MR) is 93.2 cm³/mol. The van der Waals surface area contributed by atoms with Crippen LogP contribution < -0.4 is 4.74 Å². The van der Waals surface area contributed by atoms with Crippen molar-refractivity contribution in [2.45, 2.75) is 18.9 Å². The number of hydrogen-bond acceptors (Lipinski definition) is 6. The molecule has 1 atom stereocenters. The highest BCUT2D eigenvalue weighted by Crippen LogP contribution is 2.29. The third-order valence-corrected chi connectivity index (χ3v) is 4.51. The number of aromatic nitrogens is 3. The summed E-state index contributed by atoms with van der Waals surface area (Å²) < 4.78 is 11.1. The molecule has 1 aliphatic rings. The smallest absolute Gasteiger partial charge is 0.247 e. The molecule has 0 saturated carbocycles. The molecule has 0 aliphatic carbocycles. The summed E-state index contributed by atoms with van der Waals surface area (Å²) in [5.41, 5.74) is 2.00. The highest BCUT2D eigenvalue weighted by molar-refractivity contribution is 5.54. The Morgan fingerprint density at radius 1 is 1.16 bits per heavy atom. The second kappa shape index (κ2) is 7.03. The standard InChI is InChI=1S/C19H20N4O2/c1-24-17-7-5-14(6-8-17)18-21-22-19(25-18)15-9-11-23(12-15)13-16-4-2-3-10-20-16/h2-8,10,15H,9,11-13H2,1H3/t15-/m0/s1. The molecule has 1 aromatic carbocycles. The molecule has 0 amide bonds. The van der Waals surface area contributed by atoms with Gasteiger partial charge in [-0.2, -0.15) is 0 Å². The van der Waals surface area contributed by atoms with Crippen LogP contribution in [0.5, 0.6) is 5.75 Å². The first kappa shape index (κ1) is 15.8. The molecule has 3 aromatic rings. The van der Waals surface area contributed by atoms with Gasteiger partial charge in [-0.3, -0.25) is 9.88 Å². The van der Waals surface area contributed by atoms with Crippen molar-refractivity contribution in [3.05, 3.63) is 60.2 Å². The zero-order chi connectivity index (χ0) is 17.1. The van der Waals surface area contributed by atoms with Crippen LogP contribution in [0, 0.1) is 0 Å². The first-order valence-electron chi connectivity index (χ1n) is 8.42. The Morgan fingerprint density at radius 3 is 2.80 bits per heavy atom. The summed E-state index contributed by atoms with van der Waals surface area (Å²) >= 11 is 0. The zero-order valence-corrected chi connectivity index (χ0v) is 14.1.